The largest absolute Gasteiger partial charge is 0.480 e. The number of aliphatic carboxylic acids is 1. The van der Waals surface area contributed by atoms with Gasteiger partial charge in [-0.3, -0.25) is 9.78 Å². The molecule has 0 saturated carbocycles. The van der Waals surface area contributed by atoms with Crippen molar-refractivity contribution in [2.24, 2.45) is 0 Å². The van der Waals surface area contributed by atoms with Crippen LogP contribution in [0.1, 0.15) is 19.0 Å². The summed E-state index contributed by atoms with van der Waals surface area (Å²) in [4.78, 5) is 12.7. The van der Waals surface area contributed by atoms with Gasteiger partial charge in [-0.15, -0.1) is 0 Å². The minimum absolute atomic E-state index is 0.208. The van der Waals surface area contributed by atoms with Crippen molar-refractivity contribution >= 4 is 16.0 Å². The Labute approximate surface area is 119 Å². The molecule has 0 unspecified atom stereocenters. The molecule has 1 aromatic rings. The molecule has 0 aliphatic carbocycles. The second-order valence-electron chi connectivity index (χ2n) is 4.08. The van der Waals surface area contributed by atoms with Crippen LogP contribution in [0.25, 0.3) is 0 Å². The molecule has 0 atom stereocenters. The van der Waals surface area contributed by atoms with Gasteiger partial charge in [-0.1, -0.05) is 6.92 Å². The van der Waals surface area contributed by atoms with Gasteiger partial charge in [-0.2, -0.15) is 17.5 Å². The fourth-order valence-corrected chi connectivity index (χ4v) is 3.28. The molecule has 118 valence electrons. The number of carbonyl (C=O) groups is 1. The zero-order valence-corrected chi connectivity index (χ0v) is 11.8. The van der Waals surface area contributed by atoms with Crippen molar-refractivity contribution in [3.05, 3.63) is 24.0 Å². The Hall–Kier alpha value is -1.68. The molecule has 0 bridgehead atoms. The van der Waals surface area contributed by atoms with Crippen LogP contribution in [0.5, 0.6) is 0 Å². The van der Waals surface area contributed by atoms with Gasteiger partial charge >= 0.3 is 12.1 Å². The summed E-state index contributed by atoms with van der Waals surface area (Å²) in [7, 11) is -4.60. The van der Waals surface area contributed by atoms with Crippen LogP contribution in [0, 0.1) is 0 Å². The first-order valence-electron chi connectivity index (χ1n) is 5.84. The highest BCUT2D eigenvalue weighted by molar-refractivity contribution is 7.89. The lowest BCUT2D eigenvalue weighted by atomic mass is 10.3. The quantitative estimate of drug-likeness (QED) is 0.857. The van der Waals surface area contributed by atoms with Crippen molar-refractivity contribution in [3.8, 4) is 0 Å². The lowest BCUT2D eigenvalue weighted by Gasteiger charge is -2.21. The predicted molar refractivity (Wildman–Crippen MR) is 65.9 cm³/mol. The van der Waals surface area contributed by atoms with Gasteiger partial charge in [0.05, 0.1) is 0 Å². The molecular weight excluding hydrogens is 313 g/mol. The molecule has 0 aromatic carbocycles. The number of hydrogen-bond acceptors (Lipinski definition) is 4. The fraction of sp³-hybridized carbons (Fsp3) is 0.455. The van der Waals surface area contributed by atoms with Crippen molar-refractivity contribution in [1.29, 1.82) is 0 Å². The molecule has 1 rings (SSSR count). The first-order valence-corrected chi connectivity index (χ1v) is 7.29. The SMILES string of the molecule is CCCN(CC(=O)O)S(=O)(=O)c1cccnc1C(F)(F)F. The zero-order valence-electron chi connectivity index (χ0n) is 11.0. The van der Waals surface area contributed by atoms with Crippen LogP contribution in [-0.2, 0) is 21.0 Å². The first kappa shape index (κ1) is 17.4. The van der Waals surface area contributed by atoms with Crippen LogP contribution in [0.15, 0.2) is 23.2 Å². The van der Waals surface area contributed by atoms with Crippen LogP contribution < -0.4 is 0 Å². The van der Waals surface area contributed by atoms with E-state index in [0.717, 1.165) is 18.3 Å². The summed E-state index contributed by atoms with van der Waals surface area (Å²) >= 11 is 0. The fourth-order valence-electron chi connectivity index (χ4n) is 1.64. The molecule has 10 heteroatoms. The number of rotatable bonds is 6. The summed E-state index contributed by atoms with van der Waals surface area (Å²) in [5.41, 5.74) is -1.56. The maximum absolute atomic E-state index is 12.8. The topological polar surface area (TPSA) is 87.6 Å². The van der Waals surface area contributed by atoms with Crippen LogP contribution in [0.4, 0.5) is 13.2 Å². The number of sulfonamides is 1. The Morgan fingerprint density at radius 2 is 2.05 bits per heavy atom. The zero-order chi connectivity index (χ0) is 16.3. The molecule has 0 aliphatic rings. The molecular formula is C11H13F3N2O4S. The Bertz CT molecular complexity index is 616. The number of aromatic nitrogens is 1. The minimum Gasteiger partial charge on any atom is -0.480 e. The second kappa shape index (κ2) is 6.39. The number of pyridine rings is 1. The van der Waals surface area contributed by atoms with E-state index in [-0.39, 0.29) is 13.0 Å². The van der Waals surface area contributed by atoms with Crippen LogP contribution >= 0.6 is 0 Å². The lowest BCUT2D eigenvalue weighted by molar-refractivity contribution is -0.143. The smallest absolute Gasteiger partial charge is 0.434 e. The van der Waals surface area contributed by atoms with Gasteiger partial charge in [0.2, 0.25) is 10.0 Å². The predicted octanol–water partition coefficient (Wildman–Crippen LogP) is 1.59. The molecule has 0 amide bonds. The van der Waals surface area contributed by atoms with Gasteiger partial charge in [-0.25, -0.2) is 8.42 Å². The summed E-state index contributed by atoms with van der Waals surface area (Å²) in [6.07, 6.45) is -3.87. The second-order valence-corrected chi connectivity index (χ2v) is 5.99. The van der Waals surface area contributed by atoms with Crippen LogP contribution in [0.2, 0.25) is 0 Å². The van der Waals surface area contributed by atoms with Crippen molar-refractivity contribution in [3.63, 3.8) is 0 Å². The van der Waals surface area contributed by atoms with Gasteiger partial charge in [0, 0.05) is 12.7 Å². The normalized spacial score (nSPS) is 12.6. The molecule has 0 spiro atoms. The molecule has 1 aromatic heterocycles. The van der Waals surface area contributed by atoms with E-state index in [2.05, 4.69) is 4.98 Å². The Kier molecular flexibility index (Phi) is 5.29. The van der Waals surface area contributed by atoms with Gasteiger partial charge < -0.3 is 5.11 Å². The van der Waals surface area contributed by atoms with Crippen LogP contribution in [0.3, 0.4) is 0 Å². The highest BCUT2D eigenvalue weighted by Crippen LogP contribution is 2.33. The number of nitrogens with zero attached hydrogens (tertiary/aromatic N) is 2. The van der Waals surface area contributed by atoms with Crippen molar-refractivity contribution < 1.29 is 31.5 Å². The Balaban J connectivity index is 3.38. The number of carboxylic acids is 1. The standard InChI is InChI=1S/C11H13F3N2O4S/c1-2-6-16(7-9(17)18)21(19,20)8-4-3-5-15-10(8)11(12,13)14/h3-5H,2,6-7H2,1H3,(H,17,18). The average Bonchev–Trinajstić information content (AvgIpc) is 2.36. The van der Waals surface area contributed by atoms with Gasteiger partial charge in [0.25, 0.3) is 0 Å². The summed E-state index contributed by atoms with van der Waals surface area (Å²) < 4.78 is 63.5. The van der Waals surface area contributed by atoms with E-state index < -0.39 is 39.3 Å². The summed E-state index contributed by atoms with van der Waals surface area (Å²) in [5, 5.41) is 8.71. The number of hydrogen-bond donors (Lipinski definition) is 1. The van der Waals surface area contributed by atoms with E-state index >= 15 is 0 Å². The number of alkyl halides is 3. The van der Waals surface area contributed by atoms with E-state index in [1.54, 1.807) is 6.92 Å². The lowest BCUT2D eigenvalue weighted by Crippen LogP contribution is -2.37. The van der Waals surface area contributed by atoms with Crippen LogP contribution in [-0.4, -0.2) is 41.9 Å². The molecule has 0 radical (unpaired) electrons. The Morgan fingerprint density at radius 3 is 2.52 bits per heavy atom. The number of carboxylic acid groups (broad SMARTS) is 1. The van der Waals surface area contributed by atoms with E-state index in [1.807, 2.05) is 0 Å². The monoisotopic (exact) mass is 326 g/mol. The molecule has 1 N–H and O–H groups in total. The maximum atomic E-state index is 12.8. The van der Waals surface area contributed by atoms with E-state index in [0.29, 0.717) is 4.31 Å². The van der Waals surface area contributed by atoms with E-state index in [9.17, 15) is 26.4 Å². The highest BCUT2D eigenvalue weighted by atomic mass is 32.2. The summed E-state index contributed by atoms with van der Waals surface area (Å²) in [6.45, 7) is 0.460. The van der Waals surface area contributed by atoms with Crippen molar-refractivity contribution in [2.45, 2.75) is 24.4 Å². The third-order valence-corrected chi connectivity index (χ3v) is 4.32. The molecule has 21 heavy (non-hydrogen) atoms. The van der Waals surface area contributed by atoms with E-state index in [1.165, 1.54) is 0 Å². The maximum Gasteiger partial charge on any atom is 0.434 e. The van der Waals surface area contributed by atoms with E-state index in [4.69, 9.17) is 5.11 Å². The summed E-state index contributed by atoms with van der Waals surface area (Å²) in [5.74, 6) is -1.45. The highest BCUT2D eigenvalue weighted by Gasteiger charge is 2.40. The van der Waals surface area contributed by atoms with Crippen molar-refractivity contribution in [2.75, 3.05) is 13.1 Å². The van der Waals surface area contributed by atoms with Gasteiger partial charge in [0.1, 0.15) is 11.4 Å². The van der Waals surface area contributed by atoms with Crippen molar-refractivity contribution in [1.82, 2.24) is 9.29 Å². The molecule has 0 saturated heterocycles. The minimum atomic E-state index is -4.95. The molecule has 0 fully saturated rings. The molecule has 6 nitrogen and oxygen atoms in total. The number of halogens is 3. The first-order chi connectivity index (χ1) is 9.60. The van der Waals surface area contributed by atoms with Gasteiger partial charge in [-0.05, 0) is 18.6 Å². The molecule has 0 aliphatic heterocycles. The third-order valence-electron chi connectivity index (χ3n) is 2.44. The third kappa shape index (κ3) is 4.14. The van der Waals surface area contributed by atoms with Gasteiger partial charge in [0.15, 0.2) is 5.69 Å². The summed E-state index contributed by atoms with van der Waals surface area (Å²) in [6, 6.07) is 1.81. The molecule has 1 heterocycles. The Morgan fingerprint density at radius 1 is 1.43 bits per heavy atom. The average molecular weight is 326 g/mol.